The van der Waals surface area contributed by atoms with Crippen molar-refractivity contribution in [3.8, 4) is 0 Å². The van der Waals surface area contributed by atoms with Gasteiger partial charge >= 0.3 is 0 Å². The topological polar surface area (TPSA) is 53.9 Å². The van der Waals surface area contributed by atoms with E-state index in [9.17, 15) is 0 Å². The normalized spacial score (nSPS) is 29.7. The zero-order valence-electron chi connectivity index (χ0n) is 12.8. The Bertz CT molecular complexity index is 489. The minimum atomic E-state index is 0.284. The highest BCUT2D eigenvalue weighted by Gasteiger charge is 2.25. The number of hydrogen-bond donors (Lipinski definition) is 1. The first-order chi connectivity index (χ1) is 10.1. The van der Waals surface area contributed by atoms with Crippen molar-refractivity contribution < 1.29 is 0 Å². The molecule has 3 rings (SSSR count). The van der Waals surface area contributed by atoms with Crippen molar-refractivity contribution in [1.29, 1.82) is 0 Å². The van der Waals surface area contributed by atoms with Crippen molar-refractivity contribution >= 4 is 23.5 Å². The van der Waals surface area contributed by atoms with Crippen LogP contribution in [0.5, 0.6) is 0 Å². The van der Waals surface area contributed by atoms with Gasteiger partial charge in [0.15, 0.2) is 0 Å². The lowest BCUT2D eigenvalue weighted by molar-refractivity contribution is 0.260. The Balaban J connectivity index is 1.70. The minimum absolute atomic E-state index is 0.284. The summed E-state index contributed by atoms with van der Waals surface area (Å²) in [5.41, 5.74) is 0. The number of nitrogens with zero attached hydrogens (tertiary/aromatic N) is 4. The van der Waals surface area contributed by atoms with Crippen molar-refractivity contribution in [3.05, 3.63) is 5.28 Å². The summed E-state index contributed by atoms with van der Waals surface area (Å²) < 4.78 is 0. The molecule has 0 spiro atoms. The maximum Gasteiger partial charge on any atom is 0.231 e. The summed E-state index contributed by atoms with van der Waals surface area (Å²) in [6.45, 7) is 6.69. The molecular weight excluding hydrogens is 286 g/mol. The maximum absolute atomic E-state index is 6.07. The molecule has 1 aliphatic heterocycles. The second-order valence-corrected chi connectivity index (χ2v) is 6.87. The van der Waals surface area contributed by atoms with Crippen LogP contribution < -0.4 is 10.2 Å². The van der Waals surface area contributed by atoms with Crippen LogP contribution in [0.4, 0.5) is 11.9 Å². The van der Waals surface area contributed by atoms with Gasteiger partial charge in [0.05, 0.1) is 0 Å². The van der Waals surface area contributed by atoms with Crippen molar-refractivity contribution in [1.82, 2.24) is 15.0 Å². The number of rotatable bonds is 3. The third-order valence-electron chi connectivity index (χ3n) is 4.92. The zero-order valence-corrected chi connectivity index (χ0v) is 13.6. The van der Waals surface area contributed by atoms with Crippen LogP contribution >= 0.6 is 11.6 Å². The molecule has 3 unspecified atom stereocenters. The molecule has 0 aromatic carbocycles. The Labute approximate surface area is 131 Å². The van der Waals surface area contributed by atoms with Gasteiger partial charge < -0.3 is 10.2 Å². The molecule has 1 aliphatic carbocycles. The molecular formula is C15H24ClN5. The van der Waals surface area contributed by atoms with Crippen LogP contribution in [-0.4, -0.2) is 34.1 Å². The molecule has 21 heavy (non-hydrogen) atoms. The average molecular weight is 310 g/mol. The average Bonchev–Trinajstić information content (AvgIpc) is 2.96. The Morgan fingerprint density at radius 2 is 1.81 bits per heavy atom. The third kappa shape index (κ3) is 3.57. The van der Waals surface area contributed by atoms with Gasteiger partial charge in [0.25, 0.3) is 0 Å². The van der Waals surface area contributed by atoms with E-state index in [1.165, 1.54) is 32.1 Å². The van der Waals surface area contributed by atoms with Crippen molar-refractivity contribution in [2.75, 3.05) is 23.3 Å². The van der Waals surface area contributed by atoms with Crippen LogP contribution in [0.15, 0.2) is 0 Å². The molecule has 1 aromatic rings. The largest absolute Gasteiger partial charge is 0.351 e. The second-order valence-electron chi connectivity index (χ2n) is 6.53. The molecule has 2 heterocycles. The van der Waals surface area contributed by atoms with Gasteiger partial charge in [0, 0.05) is 19.1 Å². The number of nitrogens with one attached hydrogen (secondary N) is 1. The number of anilines is 2. The molecule has 1 N–H and O–H groups in total. The van der Waals surface area contributed by atoms with Crippen LogP contribution in [-0.2, 0) is 0 Å². The SMILES string of the molecule is CC1CCC(Nc2nc(Cl)nc(N3CCCC3)n2)CC1C. The molecule has 0 bridgehead atoms. The van der Waals surface area contributed by atoms with E-state index in [1.54, 1.807) is 0 Å². The van der Waals surface area contributed by atoms with Gasteiger partial charge in [-0.15, -0.1) is 0 Å². The van der Waals surface area contributed by atoms with Gasteiger partial charge in [-0.2, -0.15) is 15.0 Å². The standard InChI is InChI=1S/C15H24ClN5/c1-10-5-6-12(9-11(10)2)17-14-18-13(16)19-15(20-14)21-7-3-4-8-21/h10-12H,3-9H2,1-2H3,(H,17,18,19,20). The van der Waals surface area contributed by atoms with Crippen LogP contribution in [0.3, 0.4) is 0 Å². The van der Waals surface area contributed by atoms with Crippen LogP contribution in [0.25, 0.3) is 0 Å². The zero-order chi connectivity index (χ0) is 14.8. The van der Waals surface area contributed by atoms with Crippen molar-refractivity contribution in [3.63, 3.8) is 0 Å². The van der Waals surface area contributed by atoms with E-state index < -0.39 is 0 Å². The van der Waals surface area contributed by atoms with E-state index in [4.69, 9.17) is 11.6 Å². The van der Waals surface area contributed by atoms with Gasteiger partial charge in [0.2, 0.25) is 17.2 Å². The summed E-state index contributed by atoms with van der Waals surface area (Å²) in [6, 6.07) is 0.445. The first-order valence-electron chi connectivity index (χ1n) is 8.05. The van der Waals surface area contributed by atoms with E-state index in [-0.39, 0.29) is 5.28 Å². The number of hydrogen-bond acceptors (Lipinski definition) is 5. The lowest BCUT2D eigenvalue weighted by atomic mass is 9.79. The predicted molar refractivity (Wildman–Crippen MR) is 85.9 cm³/mol. The highest BCUT2D eigenvalue weighted by molar-refractivity contribution is 6.28. The number of aromatic nitrogens is 3. The van der Waals surface area contributed by atoms with Crippen molar-refractivity contribution in [2.45, 2.75) is 52.0 Å². The fourth-order valence-electron chi connectivity index (χ4n) is 3.32. The van der Waals surface area contributed by atoms with Gasteiger partial charge in [-0.25, -0.2) is 0 Å². The lowest BCUT2D eigenvalue weighted by Gasteiger charge is -2.32. The van der Waals surface area contributed by atoms with Crippen LogP contribution in [0.2, 0.25) is 5.28 Å². The Kier molecular flexibility index (Phi) is 4.48. The van der Waals surface area contributed by atoms with E-state index >= 15 is 0 Å². The predicted octanol–water partition coefficient (Wildman–Crippen LogP) is 3.36. The highest BCUT2D eigenvalue weighted by atomic mass is 35.5. The third-order valence-corrected chi connectivity index (χ3v) is 5.09. The Hall–Kier alpha value is -1.10. The van der Waals surface area contributed by atoms with Crippen LogP contribution in [0.1, 0.15) is 46.0 Å². The fourth-order valence-corrected chi connectivity index (χ4v) is 3.48. The molecule has 0 amide bonds. The highest BCUT2D eigenvalue weighted by Crippen LogP contribution is 2.31. The molecule has 1 saturated carbocycles. The maximum atomic E-state index is 6.07. The summed E-state index contributed by atoms with van der Waals surface area (Å²) in [4.78, 5) is 15.3. The summed E-state index contributed by atoms with van der Waals surface area (Å²) in [5, 5.41) is 3.75. The molecule has 3 atom stereocenters. The monoisotopic (exact) mass is 309 g/mol. The molecule has 116 valence electrons. The van der Waals surface area contributed by atoms with Gasteiger partial charge in [-0.3, -0.25) is 0 Å². The molecule has 0 radical (unpaired) electrons. The lowest BCUT2D eigenvalue weighted by Crippen LogP contribution is -2.31. The molecule has 2 fully saturated rings. The molecule has 1 saturated heterocycles. The Morgan fingerprint density at radius 3 is 2.52 bits per heavy atom. The fraction of sp³-hybridized carbons (Fsp3) is 0.800. The van der Waals surface area contributed by atoms with Crippen molar-refractivity contribution in [2.24, 2.45) is 11.8 Å². The molecule has 2 aliphatic rings. The smallest absolute Gasteiger partial charge is 0.231 e. The minimum Gasteiger partial charge on any atom is -0.351 e. The van der Waals surface area contributed by atoms with E-state index in [0.717, 1.165) is 24.9 Å². The van der Waals surface area contributed by atoms with E-state index in [2.05, 4.69) is 39.0 Å². The summed E-state index contributed by atoms with van der Waals surface area (Å²) in [7, 11) is 0. The van der Waals surface area contributed by atoms with E-state index in [0.29, 0.717) is 17.9 Å². The first kappa shape index (κ1) is 14.8. The first-order valence-corrected chi connectivity index (χ1v) is 8.42. The quantitative estimate of drug-likeness (QED) is 0.928. The van der Waals surface area contributed by atoms with Gasteiger partial charge in [0.1, 0.15) is 0 Å². The summed E-state index contributed by atoms with van der Waals surface area (Å²) >= 11 is 6.07. The van der Waals surface area contributed by atoms with Gasteiger partial charge in [-0.05, 0) is 55.5 Å². The van der Waals surface area contributed by atoms with Crippen LogP contribution in [0, 0.1) is 11.8 Å². The molecule has 5 nitrogen and oxygen atoms in total. The van der Waals surface area contributed by atoms with Gasteiger partial charge in [-0.1, -0.05) is 13.8 Å². The summed E-state index contributed by atoms with van der Waals surface area (Å²) in [6.07, 6.45) is 6.00. The Morgan fingerprint density at radius 1 is 1.05 bits per heavy atom. The van der Waals surface area contributed by atoms with E-state index in [1.807, 2.05) is 0 Å². The molecule has 1 aromatic heterocycles. The second kappa shape index (κ2) is 6.34. The molecule has 6 heteroatoms. The number of halogens is 1. The summed E-state index contributed by atoms with van der Waals surface area (Å²) in [5.74, 6) is 2.90.